The summed E-state index contributed by atoms with van der Waals surface area (Å²) < 4.78 is 15.2. The van der Waals surface area contributed by atoms with E-state index in [0.717, 1.165) is 24.7 Å². The monoisotopic (exact) mass is 274 g/mol. The summed E-state index contributed by atoms with van der Waals surface area (Å²) in [4.78, 5) is 22.2. The highest BCUT2D eigenvalue weighted by Gasteiger charge is 2.16. The minimum absolute atomic E-state index is 0.00352. The standard InChI is InChI=1S/C12H18O5S/c1-2-10(13)15-7-5-11(14)17-12-9-18-8-4-3-6-16-12/h2,12H,1,3-9H2. The van der Waals surface area contributed by atoms with Crippen molar-refractivity contribution in [3.05, 3.63) is 12.7 Å². The lowest BCUT2D eigenvalue weighted by molar-refractivity contribution is -0.175. The number of ether oxygens (including phenoxy) is 3. The fraction of sp³-hybridized carbons (Fsp3) is 0.667. The summed E-state index contributed by atoms with van der Waals surface area (Å²) in [6.07, 6.45) is 2.71. The molecule has 0 aliphatic carbocycles. The minimum Gasteiger partial charge on any atom is -0.462 e. The van der Waals surface area contributed by atoms with Crippen molar-refractivity contribution in [2.24, 2.45) is 0 Å². The molecule has 1 aliphatic heterocycles. The first kappa shape index (κ1) is 15.0. The predicted octanol–water partition coefficient (Wildman–Crippen LogP) is 1.52. The molecule has 1 atom stereocenters. The van der Waals surface area contributed by atoms with Crippen molar-refractivity contribution < 1.29 is 23.8 Å². The van der Waals surface area contributed by atoms with Crippen LogP contribution in [-0.4, -0.2) is 42.9 Å². The van der Waals surface area contributed by atoms with Crippen molar-refractivity contribution in [3.63, 3.8) is 0 Å². The molecule has 1 fully saturated rings. The Morgan fingerprint density at radius 3 is 3.06 bits per heavy atom. The van der Waals surface area contributed by atoms with E-state index in [9.17, 15) is 9.59 Å². The van der Waals surface area contributed by atoms with Gasteiger partial charge in [0.15, 0.2) is 0 Å². The van der Waals surface area contributed by atoms with Gasteiger partial charge in [0.2, 0.25) is 6.29 Å². The molecule has 1 saturated heterocycles. The van der Waals surface area contributed by atoms with Gasteiger partial charge in [0.25, 0.3) is 0 Å². The topological polar surface area (TPSA) is 61.8 Å². The Morgan fingerprint density at radius 1 is 1.44 bits per heavy atom. The third-order valence-electron chi connectivity index (χ3n) is 2.22. The second kappa shape index (κ2) is 8.99. The normalized spacial score (nSPS) is 20.3. The molecular formula is C12H18O5S. The third-order valence-corrected chi connectivity index (χ3v) is 3.31. The first-order valence-electron chi connectivity index (χ1n) is 5.90. The maximum atomic E-state index is 11.5. The van der Waals surface area contributed by atoms with E-state index >= 15 is 0 Å². The van der Waals surface area contributed by atoms with Crippen LogP contribution in [0.3, 0.4) is 0 Å². The smallest absolute Gasteiger partial charge is 0.330 e. The Bertz CT molecular complexity index is 284. The molecule has 5 nitrogen and oxygen atoms in total. The molecular weight excluding hydrogens is 256 g/mol. The molecule has 0 aromatic heterocycles. The van der Waals surface area contributed by atoms with Crippen LogP contribution in [0.2, 0.25) is 0 Å². The van der Waals surface area contributed by atoms with Crippen molar-refractivity contribution in [1.82, 2.24) is 0 Å². The highest BCUT2D eigenvalue weighted by Crippen LogP contribution is 2.14. The van der Waals surface area contributed by atoms with E-state index in [0.29, 0.717) is 12.4 Å². The van der Waals surface area contributed by atoms with Gasteiger partial charge in [-0.15, -0.1) is 0 Å². The summed E-state index contributed by atoms with van der Waals surface area (Å²) in [6.45, 7) is 3.88. The maximum Gasteiger partial charge on any atom is 0.330 e. The van der Waals surface area contributed by atoms with Gasteiger partial charge in [0, 0.05) is 6.08 Å². The van der Waals surface area contributed by atoms with Gasteiger partial charge < -0.3 is 14.2 Å². The van der Waals surface area contributed by atoms with Crippen LogP contribution in [0.4, 0.5) is 0 Å². The van der Waals surface area contributed by atoms with Crippen LogP contribution < -0.4 is 0 Å². The van der Waals surface area contributed by atoms with Crippen LogP contribution in [0.5, 0.6) is 0 Å². The largest absolute Gasteiger partial charge is 0.462 e. The van der Waals surface area contributed by atoms with Crippen LogP contribution >= 0.6 is 11.8 Å². The van der Waals surface area contributed by atoms with Crippen LogP contribution in [0.25, 0.3) is 0 Å². The van der Waals surface area contributed by atoms with E-state index in [2.05, 4.69) is 6.58 Å². The van der Waals surface area contributed by atoms with E-state index in [4.69, 9.17) is 14.2 Å². The van der Waals surface area contributed by atoms with Gasteiger partial charge >= 0.3 is 11.9 Å². The van der Waals surface area contributed by atoms with Crippen LogP contribution in [0.15, 0.2) is 12.7 Å². The lowest BCUT2D eigenvalue weighted by atomic mass is 10.3. The second-order valence-corrected chi connectivity index (χ2v) is 4.84. The van der Waals surface area contributed by atoms with E-state index in [1.165, 1.54) is 0 Å². The van der Waals surface area contributed by atoms with Crippen LogP contribution in [0, 0.1) is 0 Å². The second-order valence-electron chi connectivity index (χ2n) is 3.69. The van der Waals surface area contributed by atoms with E-state index < -0.39 is 18.2 Å². The van der Waals surface area contributed by atoms with Crippen molar-refractivity contribution in [1.29, 1.82) is 0 Å². The van der Waals surface area contributed by atoms with E-state index in [1.54, 1.807) is 11.8 Å². The number of hydrogen-bond acceptors (Lipinski definition) is 6. The molecule has 1 unspecified atom stereocenters. The molecule has 0 aromatic carbocycles. The fourth-order valence-corrected chi connectivity index (χ4v) is 2.25. The summed E-state index contributed by atoms with van der Waals surface area (Å²) in [5.74, 6) is 0.755. The molecule has 0 radical (unpaired) electrons. The number of thioether (sulfide) groups is 1. The highest BCUT2D eigenvalue weighted by molar-refractivity contribution is 7.99. The average molecular weight is 274 g/mol. The van der Waals surface area contributed by atoms with E-state index in [-0.39, 0.29) is 13.0 Å². The molecule has 1 aliphatic rings. The molecule has 0 bridgehead atoms. The van der Waals surface area contributed by atoms with Gasteiger partial charge in [-0.1, -0.05) is 6.58 Å². The molecule has 102 valence electrons. The molecule has 18 heavy (non-hydrogen) atoms. The number of rotatable bonds is 5. The summed E-state index contributed by atoms with van der Waals surface area (Å²) >= 11 is 1.71. The third kappa shape index (κ3) is 6.66. The zero-order valence-corrected chi connectivity index (χ0v) is 11.1. The highest BCUT2D eigenvalue weighted by atomic mass is 32.2. The zero-order valence-electron chi connectivity index (χ0n) is 10.3. The first-order chi connectivity index (χ1) is 8.72. The summed E-state index contributed by atoms with van der Waals surface area (Å²) in [7, 11) is 0. The minimum atomic E-state index is -0.541. The molecule has 0 aromatic rings. The average Bonchev–Trinajstić information content (AvgIpc) is 2.32. The lowest BCUT2D eigenvalue weighted by Crippen LogP contribution is -2.26. The lowest BCUT2D eigenvalue weighted by Gasteiger charge is -2.20. The molecule has 0 N–H and O–H groups in total. The maximum absolute atomic E-state index is 11.5. The molecule has 0 saturated carbocycles. The first-order valence-corrected chi connectivity index (χ1v) is 7.06. The number of esters is 2. The summed E-state index contributed by atoms with van der Waals surface area (Å²) in [6, 6.07) is 0. The predicted molar refractivity (Wildman–Crippen MR) is 68.2 cm³/mol. The number of carbonyl (C=O) groups is 2. The van der Waals surface area contributed by atoms with E-state index in [1.807, 2.05) is 0 Å². The Kier molecular flexibility index (Phi) is 7.52. The molecule has 1 heterocycles. The SMILES string of the molecule is C=CC(=O)OCCC(=O)OC1CSCCCCO1. The quantitative estimate of drug-likeness (QED) is 0.559. The Morgan fingerprint density at radius 2 is 2.28 bits per heavy atom. The van der Waals surface area contributed by atoms with Crippen molar-refractivity contribution in [3.8, 4) is 0 Å². The Hall–Kier alpha value is -1.01. The van der Waals surface area contributed by atoms with Crippen molar-refractivity contribution in [2.75, 3.05) is 24.7 Å². The zero-order chi connectivity index (χ0) is 13.2. The van der Waals surface area contributed by atoms with Crippen LogP contribution in [0.1, 0.15) is 19.3 Å². The van der Waals surface area contributed by atoms with Gasteiger partial charge in [0.1, 0.15) is 6.61 Å². The molecule has 6 heteroatoms. The van der Waals surface area contributed by atoms with Crippen molar-refractivity contribution >= 4 is 23.7 Å². The Labute approximate surface area is 111 Å². The molecule has 0 spiro atoms. The summed E-state index contributed by atoms with van der Waals surface area (Å²) in [5.41, 5.74) is 0. The number of hydrogen-bond donors (Lipinski definition) is 0. The fourth-order valence-electron chi connectivity index (χ4n) is 1.32. The number of carbonyl (C=O) groups excluding carboxylic acids is 2. The summed E-state index contributed by atoms with van der Waals surface area (Å²) in [5, 5.41) is 0. The molecule has 0 amide bonds. The van der Waals surface area contributed by atoms with Gasteiger partial charge in [0.05, 0.1) is 18.8 Å². The van der Waals surface area contributed by atoms with Gasteiger partial charge in [-0.3, -0.25) is 4.79 Å². The Balaban J connectivity index is 2.17. The van der Waals surface area contributed by atoms with Crippen LogP contribution in [-0.2, 0) is 23.8 Å². The van der Waals surface area contributed by atoms with Gasteiger partial charge in [-0.2, -0.15) is 11.8 Å². The van der Waals surface area contributed by atoms with Gasteiger partial charge in [-0.25, -0.2) is 4.79 Å². The van der Waals surface area contributed by atoms with Gasteiger partial charge in [-0.05, 0) is 18.6 Å². The van der Waals surface area contributed by atoms with Crippen molar-refractivity contribution in [2.45, 2.75) is 25.6 Å². The molecule has 1 rings (SSSR count).